The van der Waals surface area contributed by atoms with Gasteiger partial charge < -0.3 is 14.6 Å². The number of carbonyl (C=O) groups excluding carboxylic acids is 1. The van der Waals surface area contributed by atoms with Crippen LogP contribution in [0.15, 0.2) is 35.0 Å². The van der Waals surface area contributed by atoms with Gasteiger partial charge in [-0.1, -0.05) is 22.8 Å². The van der Waals surface area contributed by atoms with Crippen molar-refractivity contribution in [2.75, 3.05) is 5.32 Å². The Kier molecular flexibility index (Phi) is 4.76. The van der Waals surface area contributed by atoms with E-state index in [1.54, 1.807) is 32.2 Å². The highest BCUT2D eigenvalue weighted by Gasteiger charge is 2.16. The quantitative estimate of drug-likeness (QED) is 0.749. The van der Waals surface area contributed by atoms with Gasteiger partial charge in [0.25, 0.3) is 5.91 Å². The summed E-state index contributed by atoms with van der Waals surface area (Å²) in [4.78, 5) is 12.3. The number of nitrogens with zero attached hydrogens (tertiary/aromatic N) is 3. The number of ether oxygens (including phenoxy) is 1. The number of amides is 1. The van der Waals surface area contributed by atoms with E-state index in [9.17, 15) is 4.79 Å². The molecule has 3 rings (SSSR count). The molecule has 130 valence electrons. The van der Waals surface area contributed by atoms with Gasteiger partial charge in [-0.3, -0.25) is 4.79 Å². The van der Waals surface area contributed by atoms with Crippen LogP contribution in [0, 0.1) is 20.8 Å². The molecule has 0 aliphatic heterocycles. The van der Waals surface area contributed by atoms with E-state index in [-0.39, 0.29) is 18.3 Å². The van der Waals surface area contributed by atoms with Gasteiger partial charge in [-0.05, 0) is 44.5 Å². The average molecular weight is 361 g/mol. The van der Waals surface area contributed by atoms with E-state index >= 15 is 0 Å². The summed E-state index contributed by atoms with van der Waals surface area (Å²) in [5.74, 6) is 0.767. The third-order valence-corrected chi connectivity index (χ3v) is 3.90. The van der Waals surface area contributed by atoms with Crippen LogP contribution in [-0.4, -0.2) is 20.8 Å². The van der Waals surface area contributed by atoms with Crippen LogP contribution < -0.4 is 10.1 Å². The SMILES string of the molecule is Cc1ccc(Cl)c(OCn2ccc(C(=O)Nc3c(C)noc3C)n2)c1. The maximum absolute atomic E-state index is 12.3. The number of aryl methyl sites for hydroxylation is 3. The number of aromatic nitrogens is 3. The second-order valence-electron chi connectivity index (χ2n) is 5.60. The molecule has 7 nitrogen and oxygen atoms in total. The molecule has 25 heavy (non-hydrogen) atoms. The normalized spacial score (nSPS) is 10.7. The van der Waals surface area contributed by atoms with Gasteiger partial charge in [0.05, 0.1) is 5.02 Å². The second kappa shape index (κ2) is 6.98. The Balaban J connectivity index is 1.66. The molecule has 1 N–H and O–H groups in total. The standard InChI is InChI=1S/C17H17ClN4O3/c1-10-4-5-13(18)15(8-10)24-9-22-7-6-14(20-22)17(23)19-16-11(2)21-25-12(16)3/h4-8H,9H2,1-3H3,(H,19,23). The predicted octanol–water partition coefficient (Wildman–Crippen LogP) is 3.74. The Bertz CT molecular complexity index is 897. The highest BCUT2D eigenvalue weighted by atomic mass is 35.5. The van der Waals surface area contributed by atoms with Crippen molar-refractivity contribution in [2.45, 2.75) is 27.5 Å². The minimum absolute atomic E-state index is 0.141. The molecule has 0 fully saturated rings. The van der Waals surface area contributed by atoms with Crippen LogP contribution in [0.4, 0.5) is 5.69 Å². The number of nitrogens with one attached hydrogen (secondary N) is 1. The zero-order valence-electron chi connectivity index (χ0n) is 14.0. The van der Waals surface area contributed by atoms with E-state index in [4.69, 9.17) is 20.9 Å². The van der Waals surface area contributed by atoms with Crippen LogP contribution in [0.3, 0.4) is 0 Å². The third kappa shape index (κ3) is 3.83. The van der Waals surface area contributed by atoms with Crippen molar-refractivity contribution in [1.29, 1.82) is 0 Å². The van der Waals surface area contributed by atoms with Crippen molar-refractivity contribution in [3.8, 4) is 5.75 Å². The van der Waals surface area contributed by atoms with Crippen molar-refractivity contribution in [3.05, 3.63) is 58.2 Å². The maximum atomic E-state index is 12.3. The van der Waals surface area contributed by atoms with Crippen LogP contribution in [0.25, 0.3) is 0 Å². The third-order valence-electron chi connectivity index (χ3n) is 3.58. The first-order valence-electron chi connectivity index (χ1n) is 7.60. The Morgan fingerprint density at radius 1 is 1.32 bits per heavy atom. The van der Waals surface area contributed by atoms with Gasteiger partial charge in [0.15, 0.2) is 18.2 Å². The van der Waals surface area contributed by atoms with E-state index in [0.717, 1.165) is 5.56 Å². The van der Waals surface area contributed by atoms with Crippen LogP contribution in [0.1, 0.15) is 27.5 Å². The van der Waals surface area contributed by atoms with Gasteiger partial charge in [-0.2, -0.15) is 5.10 Å². The molecular weight excluding hydrogens is 344 g/mol. The summed E-state index contributed by atoms with van der Waals surface area (Å²) in [6.45, 7) is 5.58. The molecule has 0 bridgehead atoms. The number of halogens is 1. The first kappa shape index (κ1) is 17.0. The predicted molar refractivity (Wildman–Crippen MR) is 93.0 cm³/mol. The molecule has 1 amide bonds. The second-order valence-corrected chi connectivity index (χ2v) is 6.01. The monoisotopic (exact) mass is 360 g/mol. The molecule has 0 radical (unpaired) electrons. The fourth-order valence-corrected chi connectivity index (χ4v) is 2.42. The fourth-order valence-electron chi connectivity index (χ4n) is 2.25. The first-order chi connectivity index (χ1) is 11.9. The first-order valence-corrected chi connectivity index (χ1v) is 7.98. The maximum Gasteiger partial charge on any atom is 0.276 e. The van der Waals surface area contributed by atoms with Crippen molar-refractivity contribution in [3.63, 3.8) is 0 Å². The number of benzene rings is 1. The number of carbonyl (C=O) groups is 1. The molecule has 0 saturated carbocycles. The zero-order valence-corrected chi connectivity index (χ0v) is 14.8. The zero-order chi connectivity index (χ0) is 18.0. The summed E-state index contributed by atoms with van der Waals surface area (Å²) in [7, 11) is 0. The summed E-state index contributed by atoms with van der Waals surface area (Å²) in [5.41, 5.74) is 2.48. The lowest BCUT2D eigenvalue weighted by Crippen LogP contribution is -2.15. The highest BCUT2D eigenvalue weighted by Crippen LogP contribution is 2.25. The Morgan fingerprint density at radius 3 is 2.84 bits per heavy atom. The molecule has 0 atom stereocenters. The van der Waals surface area contributed by atoms with Crippen LogP contribution >= 0.6 is 11.6 Å². The molecule has 0 unspecified atom stereocenters. The Hall–Kier alpha value is -2.80. The molecule has 1 aromatic carbocycles. The van der Waals surface area contributed by atoms with E-state index in [2.05, 4.69) is 15.6 Å². The summed E-state index contributed by atoms with van der Waals surface area (Å²) >= 11 is 6.09. The summed E-state index contributed by atoms with van der Waals surface area (Å²) in [6, 6.07) is 7.13. The topological polar surface area (TPSA) is 82.2 Å². The van der Waals surface area contributed by atoms with Crippen molar-refractivity contribution in [1.82, 2.24) is 14.9 Å². The lowest BCUT2D eigenvalue weighted by atomic mass is 10.2. The summed E-state index contributed by atoms with van der Waals surface area (Å²) in [5, 5.41) is 11.3. The van der Waals surface area contributed by atoms with Gasteiger partial charge in [0.2, 0.25) is 0 Å². The summed E-state index contributed by atoms with van der Waals surface area (Å²) in [6.07, 6.45) is 1.66. The molecule has 0 spiro atoms. The van der Waals surface area contributed by atoms with Crippen molar-refractivity contribution in [2.24, 2.45) is 0 Å². The molecule has 3 aromatic rings. The van der Waals surface area contributed by atoms with E-state index in [1.807, 2.05) is 19.1 Å². The van der Waals surface area contributed by atoms with Crippen molar-refractivity contribution >= 4 is 23.2 Å². The number of anilines is 1. The lowest BCUT2D eigenvalue weighted by Gasteiger charge is -2.08. The molecule has 0 saturated heterocycles. The molecule has 8 heteroatoms. The molecule has 0 aliphatic rings. The van der Waals surface area contributed by atoms with E-state index in [0.29, 0.717) is 27.9 Å². The molecular formula is C17H17ClN4O3. The minimum atomic E-state index is -0.346. The number of hydrogen-bond donors (Lipinski definition) is 1. The Labute approximate surface area is 149 Å². The average Bonchev–Trinajstić information content (AvgIpc) is 3.18. The van der Waals surface area contributed by atoms with Crippen LogP contribution in [0.2, 0.25) is 5.02 Å². The highest BCUT2D eigenvalue weighted by molar-refractivity contribution is 6.32. The number of rotatable bonds is 5. The van der Waals surface area contributed by atoms with E-state index in [1.165, 1.54) is 4.68 Å². The van der Waals surface area contributed by atoms with E-state index < -0.39 is 0 Å². The smallest absolute Gasteiger partial charge is 0.276 e. The molecule has 2 heterocycles. The van der Waals surface area contributed by atoms with Gasteiger partial charge >= 0.3 is 0 Å². The molecule has 2 aromatic heterocycles. The number of hydrogen-bond acceptors (Lipinski definition) is 5. The fraction of sp³-hybridized carbons (Fsp3) is 0.235. The lowest BCUT2D eigenvalue weighted by molar-refractivity contribution is 0.102. The summed E-state index contributed by atoms with van der Waals surface area (Å²) < 4.78 is 12.2. The van der Waals surface area contributed by atoms with Crippen LogP contribution in [-0.2, 0) is 6.73 Å². The largest absolute Gasteiger partial charge is 0.470 e. The van der Waals surface area contributed by atoms with Crippen molar-refractivity contribution < 1.29 is 14.1 Å². The van der Waals surface area contributed by atoms with Gasteiger partial charge in [0.1, 0.15) is 17.1 Å². The van der Waals surface area contributed by atoms with Gasteiger partial charge in [0, 0.05) is 6.20 Å². The van der Waals surface area contributed by atoms with Gasteiger partial charge in [-0.15, -0.1) is 0 Å². The van der Waals surface area contributed by atoms with Crippen LogP contribution in [0.5, 0.6) is 5.75 Å². The van der Waals surface area contributed by atoms with Gasteiger partial charge in [-0.25, -0.2) is 4.68 Å². The molecule has 0 aliphatic carbocycles. The minimum Gasteiger partial charge on any atom is -0.470 e. The Morgan fingerprint density at radius 2 is 2.12 bits per heavy atom.